The molecule has 2 rings (SSSR count). The first-order valence-corrected chi connectivity index (χ1v) is 4.89. The van der Waals surface area contributed by atoms with Crippen LogP contribution >= 0.6 is 0 Å². The summed E-state index contributed by atoms with van der Waals surface area (Å²) in [7, 11) is 0. The van der Waals surface area contributed by atoms with Crippen LogP contribution in [0.5, 0.6) is 0 Å². The lowest BCUT2D eigenvalue weighted by atomic mass is 10.1. The molecule has 4 heteroatoms. The molecule has 0 aliphatic rings. The fourth-order valence-electron chi connectivity index (χ4n) is 1.51. The summed E-state index contributed by atoms with van der Waals surface area (Å²) < 4.78 is 1.77. The zero-order chi connectivity index (χ0) is 10.5. The summed E-state index contributed by atoms with van der Waals surface area (Å²) in [5.74, 6) is 0. The molecule has 0 saturated carbocycles. The van der Waals surface area contributed by atoms with Gasteiger partial charge >= 0.3 is 0 Å². The van der Waals surface area contributed by atoms with Crippen molar-refractivity contribution in [1.29, 1.82) is 0 Å². The van der Waals surface area contributed by atoms with Crippen molar-refractivity contribution in [2.75, 3.05) is 0 Å². The van der Waals surface area contributed by atoms with Gasteiger partial charge in [-0.1, -0.05) is 30.3 Å². The maximum absolute atomic E-state index is 9.80. The largest absolute Gasteiger partial charge is 0.391 e. The van der Waals surface area contributed by atoms with Crippen LogP contribution in [0.4, 0.5) is 0 Å². The molecular weight excluding hydrogens is 190 g/mol. The van der Waals surface area contributed by atoms with E-state index in [1.54, 1.807) is 17.2 Å². The standard InChI is InChI=1S/C11H13N3O/c15-11(7-14-8-12-13-9-14)6-10-4-2-1-3-5-10/h1-5,8-9,11,15H,6-7H2. The quantitative estimate of drug-likeness (QED) is 0.802. The second-order valence-electron chi connectivity index (χ2n) is 3.50. The number of aliphatic hydroxyl groups is 1. The molecule has 0 spiro atoms. The minimum absolute atomic E-state index is 0.400. The van der Waals surface area contributed by atoms with Crippen LogP contribution in [0.15, 0.2) is 43.0 Å². The highest BCUT2D eigenvalue weighted by Gasteiger charge is 2.05. The summed E-state index contributed by atoms with van der Waals surface area (Å²) in [6.07, 6.45) is 3.46. The number of rotatable bonds is 4. The Labute approximate surface area is 88.2 Å². The Kier molecular flexibility index (Phi) is 3.09. The molecule has 15 heavy (non-hydrogen) atoms. The van der Waals surface area contributed by atoms with Crippen molar-refractivity contribution in [1.82, 2.24) is 14.8 Å². The fourth-order valence-corrected chi connectivity index (χ4v) is 1.51. The van der Waals surface area contributed by atoms with E-state index in [1.807, 2.05) is 30.3 Å². The Morgan fingerprint density at radius 3 is 2.47 bits per heavy atom. The maximum atomic E-state index is 9.80. The van der Waals surface area contributed by atoms with Crippen LogP contribution in [0.2, 0.25) is 0 Å². The average Bonchev–Trinajstić information content (AvgIpc) is 2.71. The molecule has 1 atom stereocenters. The second-order valence-corrected chi connectivity index (χ2v) is 3.50. The summed E-state index contributed by atoms with van der Waals surface area (Å²) in [6, 6.07) is 9.93. The van der Waals surface area contributed by atoms with Crippen molar-refractivity contribution < 1.29 is 5.11 Å². The molecule has 4 nitrogen and oxygen atoms in total. The van der Waals surface area contributed by atoms with Crippen LogP contribution in [0, 0.1) is 0 Å². The highest BCUT2D eigenvalue weighted by Crippen LogP contribution is 2.04. The smallest absolute Gasteiger partial charge is 0.119 e. The van der Waals surface area contributed by atoms with E-state index >= 15 is 0 Å². The van der Waals surface area contributed by atoms with E-state index in [0.29, 0.717) is 13.0 Å². The number of hydrogen-bond donors (Lipinski definition) is 1. The molecule has 1 heterocycles. The van der Waals surface area contributed by atoms with Crippen molar-refractivity contribution in [3.63, 3.8) is 0 Å². The Bertz CT molecular complexity index is 385. The highest BCUT2D eigenvalue weighted by atomic mass is 16.3. The molecule has 1 N–H and O–H groups in total. The average molecular weight is 203 g/mol. The van der Waals surface area contributed by atoms with E-state index in [-0.39, 0.29) is 0 Å². The second kappa shape index (κ2) is 4.70. The molecule has 0 aliphatic carbocycles. The van der Waals surface area contributed by atoms with Gasteiger partial charge < -0.3 is 9.67 Å². The topological polar surface area (TPSA) is 50.9 Å². The molecule has 0 aliphatic heterocycles. The zero-order valence-electron chi connectivity index (χ0n) is 8.32. The molecular formula is C11H13N3O. The number of aromatic nitrogens is 3. The van der Waals surface area contributed by atoms with E-state index in [9.17, 15) is 5.11 Å². The SMILES string of the molecule is OC(Cc1ccccc1)Cn1cnnc1. The van der Waals surface area contributed by atoms with Crippen molar-refractivity contribution >= 4 is 0 Å². The third-order valence-corrected chi connectivity index (χ3v) is 2.20. The van der Waals surface area contributed by atoms with Gasteiger partial charge in [-0.15, -0.1) is 10.2 Å². The molecule has 1 aromatic carbocycles. The summed E-state index contributed by atoms with van der Waals surface area (Å²) >= 11 is 0. The molecule has 2 aromatic rings. The fraction of sp³-hybridized carbons (Fsp3) is 0.273. The van der Waals surface area contributed by atoms with Gasteiger partial charge in [-0.3, -0.25) is 0 Å². The monoisotopic (exact) mass is 203 g/mol. The van der Waals surface area contributed by atoms with E-state index in [0.717, 1.165) is 5.56 Å². The third kappa shape index (κ3) is 2.89. The summed E-state index contributed by atoms with van der Waals surface area (Å²) in [5.41, 5.74) is 1.14. The number of nitrogens with zero attached hydrogens (tertiary/aromatic N) is 3. The molecule has 0 radical (unpaired) electrons. The summed E-state index contributed by atoms with van der Waals surface area (Å²) in [4.78, 5) is 0. The van der Waals surface area contributed by atoms with Gasteiger partial charge in [0.25, 0.3) is 0 Å². The summed E-state index contributed by atoms with van der Waals surface area (Å²) in [6.45, 7) is 0.530. The van der Waals surface area contributed by atoms with Crippen molar-refractivity contribution in [2.45, 2.75) is 19.1 Å². The third-order valence-electron chi connectivity index (χ3n) is 2.20. The van der Waals surface area contributed by atoms with Crippen LogP contribution < -0.4 is 0 Å². The molecule has 0 fully saturated rings. The minimum atomic E-state index is -0.400. The first kappa shape index (κ1) is 9.86. The van der Waals surface area contributed by atoms with Gasteiger partial charge in [-0.25, -0.2) is 0 Å². The van der Waals surface area contributed by atoms with E-state index in [4.69, 9.17) is 0 Å². The van der Waals surface area contributed by atoms with Crippen LogP contribution in [0.3, 0.4) is 0 Å². The molecule has 0 amide bonds. The number of benzene rings is 1. The van der Waals surface area contributed by atoms with Gasteiger partial charge in [-0.05, 0) is 5.56 Å². The number of hydrogen-bond acceptors (Lipinski definition) is 3. The molecule has 78 valence electrons. The van der Waals surface area contributed by atoms with Crippen LogP contribution in [-0.4, -0.2) is 26.0 Å². The molecule has 0 bridgehead atoms. The lowest BCUT2D eigenvalue weighted by Gasteiger charge is -2.10. The van der Waals surface area contributed by atoms with E-state index in [1.165, 1.54) is 0 Å². The highest BCUT2D eigenvalue weighted by molar-refractivity contribution is 5.15. The van der Waals surface area contributed by atoms with Gasteiger partial charge in [0.1, 0.15) is 12.7 Å². The maximum Gasteiger partial charge on any atom is 0.119 e. The van der Waals surface area contributed by atoms with Gasteiger partial charge in [0.15, 0.2) is 0 Å². The summed E-state index contributed by atoms with van der Waals surface area (Å²) in [5, 5.41) is 17.2. The van der Waals surface area contributed by atoms with Crippen LogP contribution in [0.25, 0.3) is 0 Å². The van der Waals surface area contributed by atoms with E-state index < -0.39 is 6.10 Å². The van der Waals surface area contributed by atoms with Crippen LogP contribution in [0.1, 0.15) is 5.56 Å². The van der Waals surface area contributed by atoms with Crippen LogP contribution in [-0.2, 0) is 13.0 Å². The van der Waals surface area contributed by atoms with E-state index in [2.05, 4.69) is 10.2 Å². The van der Waals surface area contributed by atoms with Crippen molar-refractivity contribution in [2.24, 2.45) is 0 Å². The first-order valence-electron chi connectivity index (χ1n) is 4.89. The number of aliphatic hydroxyl groups excluding tert-OH is 1. The minimum Gasteiger partial charge on any atom is -0.391 e. The van der Waals surface area contributed by atoms with Gasteiger partial charge in [0, 0.05) is 6.42 Å². The van der Waals surface area contributed by atoms with Crippen molar-refractivity contribution in [3.8, 4) is 0 Å². The molecule has 1 unspecified atom stereocenters. The normalized spacial score (nSPS) is 12.6. The molecule has 0 saturated heterocycles. The predicted octanol–water partition coefficient (Wildman–Crippen LogP) is 0.882. The Morgan fingerprint density at radius 1 is 1.13 bits per heavy atom. The first-order chi connectivity index (χ1) is 7.34. The lowest BCUT2D eigenvalue weighted by molar-refractivity contribution is 0.154. The zero-order valence-corrected chi connectivity index (χ0v) is 8.32. The van der Waals surface area contributed by atoms with Gasteiger partial charge in [-0.2, -0.15) is 0 Å². The van der Waals surface area contributed by atoms with Crippen molar-refractivity contribution in [3.05, 3.63) is 48.5 Å². The van der Waals surface area contributed by atoms with Gasteiger partial charge in [0.05, 0.1) is 12.6 Å². The molecule has 1 aromatic heterocycles. The predicted molar refractivity (Wildman–Crippen MR) is 56.2 cm³/mol. The Balaban J connectivity index is 1.90. The Morgan fingerprint density at radius 2 is 1.80 bits per heavy atom. The Hall–Kier alpha value is -1.68. The van der Waals surface area contributed by atoms with Gasteiger partial charge in [0.2, 0.25) is 0 Å². The lowest BCUT2D eigenvalue weighted by Crippen LogP contribution is -2.17.